The van der Waals surface area contributed by atoms with Crippen molar-refractivity contribution in [3.8, 4) is 11.8 Å². The Hall–Kier alpha value is -3.05. The maximum absolute atomic E-state index is 9.57. The van der Waals surface area contributed by atoms with Gasteiger partial charge >= 0.3 is 0 Å². The van der Waals surface area contributed by atoms with Crippen molar-refractivity contribution < 1.29 is 0 Å². The maximum Gasteiger partial charge on any atom is 0.0998 e. The Morgan fingerprint density at radius 1 is 0.958 bits per heavy atom. The van der Waals surface area contributed by atoms with Gasteiger partial charge in [0.1, 0.15) is 0 Å². The number of para-hydroxylation sites is 1. The summed E-state index contributed by atoms with van der Waals surface area (Å²) in [5.74, 6) is 0. The van der Waals surface area contributed by atoms with E-state index in [0.29, 0.717) is 5.57 Å². The molecule has 3 aromatic rings. The van der Waals surface area contributed by atoms with Crippen LogP contribution in [-0.2, 0) is 0 Å². The summed E-state index contributed by atoms with van der Waals surface area (Å²) in [6.45, 7) is 6.23. The maximum atomic E-state index is 9.57. The van der Waals surface area contributed by atoms with Crippen LogP contribution in [0, 0.1) is 32.1 Å². The first-order valence-corrected chi connectivity index (χ1v) is 8.03. The number of hydrogen-bond donors (Lipinski definition) is 0. The van der Waals surface area contributed by atoms with Crippen molar-refractivity contribution in [2.24, 2.45) is 0 Å². The molecule has 0 unspecified atom stereocenters. The fraction of sp³-hybridized carbons (Fsp3) is 0.136. The average molecular weight is 312 g/mol. The molecule has 1 heterocycles. The minimum Gasteiger partial charge on any atom is -0.318 e. The largest absolute Gasteiger partial charge is 0.318 e. The van der Waals surface area contributed by atoms with Crippen LogP contribution >= 0.6 is 0 Å². The molecule has 0 fully saturated rings. The molecule has 3 rings (SSSR count). The molecule has 0 radical (unpaired) electrons. The van der Waals surface area contributed by atoms with Gasteiger partial charge in [-0.1, -0.05) is 48.0 Å². The summed E-state index contributed by atoms with van der Waals surface area (Å²) in [5, 5.41) is 9.57. The predicted molar refractivity (Wildman–Crippen MR) is 99.9 cm³/mol. The van der Waals surface area contributed by atoms with Gasteiger partial charge in [0.25, 0.3) is 0 Å². The molecule has 0 bridgehead atoms. The van der Waals surface area contributed by atoms with Crippen LogP contribution in [0.3, 0.4) is 0 Å². The molecule has 0 spiro atoms. The first-order valence-electron chi connectivity index (χ1n) is 8.03. The number of aryl methyl sites for hydroxylation is 2. The molecule has 0 aliphatic rings. The third kappa shape index (κ3) is 3.02. The van der Waals surface area contributed by atoms with Crippen molar-refractivity contribution in [3.05, 3.63) is 88.7 Å². The van der Waals surface area contributed by atoms with E-state index in [-0.39, 0.29) is 0 Å². The number of hydrogen-bond acceptors (Lipinski definition) is 1. The third-order valence-electron chi connectivity index (χ3n) is 4.27. The van der Waals surface area contributed by atoms with Gasteiger partial charge in [0.2, 0.25) is 0 Å². The van der Waals surface area contributed by atoms with Crippen LogP contribution in [-0.4, -0.2) is 4.57 Å². The SMILES string of the molecule is Cc1ccc(/C(C#N)=C/c2cc(C)n(-c3ccccc3)c2C)cc1. The molecule has 0 atom stereocenters. The van der Waals surface area contributed by atoms with Crippen molar-refractivity contribution in [2.75, 3.05) is 0 Å². The van der Waals surface area contributed by atoms with E-state index in [4.69, 9.17) is 0 Å². The summed E-state index contributed by atoms with van der Waals surface area (Å²) in [4.78, 5) is 0. The Kier molecular flexibility index (Phi) is 4.35. The van der Waals surface area contributed by atoms with Crippen LogP contribution < -0.4 is 0 Å². The summed E-state index contributed by atoms with van der Waals surface area (Å²) in [6.07, 6.45) is 1.98. The summed E-state index contributed by atoms with van der Waals surface area (Å²) >= 11 is 0. The first kappa shape index (κ1) is 15.8. The number of rotatable bonds is 3. The lowest BCUT2D eigenvalue weighted by atomic mass is 10.0. The molecule has 118 valence electrons. The fourth-order valence-electron chi connectivity index (χ4n) is 2.98. The molecule has 0 amide bonds. The summed E-state index contributed by atoms with van der Waals surface area (Å²) in [5.41, 5.74) is 7.34. The molecule has 0 aliphatic carbocycles. The van der Waals surface area contributed by atoms with Gasteiger partial charge in [0.15, 0.2) is 0 Å². The molecule has 2 nitrogen and oxygen atoms in total. The molecule has 0 saturated carbocycles. The molecular formula is C22H20N2. The lowest BCUT2D eigenvalue weighted by Crippen LogP contribution is -1.98. The van der Waals surface area contributed by atoms with Crippen molar-refractivity contribution >= 4 is 11.6 Å². The van der Waals surface area contributed by atoms with E-state index in [1.165, 1.54) is 5.56 Å². The number of nitrogens with zero attached hydrogens (tertiary/aromatic N) is 2. The van der Waals surface area contributed by atoms with Crippen molar-refractivity contribution in [1.82, 2.24) is 4.57 Å². The second-order valence-corrected chi connectivity index (χ2v) is 6.03. The topological polar surface area (TPSA) is 28.7 Å². The number of nitriles is 1. The lowest BCUT2D eigenvalue weighted by molar-refractivity contribution is 0.964. The van der Waals surface area contributed by atoms with E-state index in [1.807, 2.05) is 55.5 Å². The van der Waals surface area contributed by atoms with E-state index < -0.39 is 0 Å². The summed E-state index contributed by atoms with van der Waals surface area (Å²) in [7, 11) is 0. The second-order valence-electron chi connectivity index (χ2n) is 6.03. The van der Waals surface area contributed by atoms with E-state index in [2.05, 4.69) is 42.7 Å². The zero-order chi connectivity index (χ0) is 17.1. The number of allylic oxidation sites excluding steroid dienone is 1. The van der Waals surface area contributed by atoms with Crippen LogP contribution in [0.25, 0.3) is 17.3 Å². The highest BCUT2D eigenvalue weighted by molar-refractivity contribution is 5.90. The van der Waals surface area contributed by atoms with E-state index in [1.54, 1.807) is 0 Å². The van der Waals surface area contributed by atoms with Gasteiger partial charge in [-0.25, -0.2) is 0 Å². The zero-order valence-corrected chi connectivity index (χ0v) is 14.2. The Labute approximate surface area is 143 Å². The molecule has 2 heteroatoms. The van der Waals surface area contributed by atoms with Gasteiger partial charge < -0.3 is 4.57 Å². The van der Waals surface area contributed by atoms with Gasteiger partial charge in [-0.3, -0.25) is 0 Å². The summed E-state index contributed by atoms with van der Waals surface area (Å²) in [6, 6.07) is 22.8. The van der Waals surface area contributed by atoms with Gasteiger partial charge in [-0.15, -0.1) is 0 Å². The second kappa shape index (κ2) is 6.60. The molecule has 0 N–H and O–H groups in total. The van der Waals surface area contributed by atoms with E-state index >= 15 is 0 Å². The standard InChI is InChI=1S/C22H20N2/c1-16-9-11-19(12-10-16)21(15-23)14-20-13-17(2)24(18(20)3)22-7-5-4-6-8-22/h4-14H,1-3H3/b21-14+. The predicted octanol–water partition coefficient (Wildman–Crippen LogP) is 5.47. The van der Waals surface area contributed by atoms with E-state index in [9.17, 15) is 5.26 Å². The third-order valence-corrected chi connectivity index (χ3v) is 4.27. The highest BCUT2D eigenvalue weighted by atomic mass is 15.0. The monoisotopic (exact) mass is 312 g/mol. The van der Waals surface area contributed by atoms with Gasteiger partial charge in [0.05, 0.1) is 11.6 Å². The number of aromatic nitrogens is 1. The van der Waals surface area contributed by atoms with Gasteiger partial charge in [0, 0.05) is 17.1 Å². The highest BCUT2D eigenvalue weighted by Gasteiger charge is 2.10. The van der Waals surface area contributed by atoms with Crippen LogP contribution in [0.5, 0.6) is 0 Å². The fourth-order valence-corrected chi connectivity index (χ4v) is 2.98. The van der Waals surface area contributed by atoms with E-state index in [0.717, 1.165) is 28.2 Å². The van der Waals surface area contributed by atoms with Crippen molar-refractivity contribution in [3.63, 3.8) is 0 Å². The molecular weight excluding hydrogens is 292 g/mol. The Morgan fingerprint density at radius 2 is 1.62 bits per heavy atom. The smallest absolute Gasteiger partial charge is 0.0998 e. The normalized spacial score (nSPS) is 11.3. The highest BCUT2D eigenvalue weighted by Crippen LogP contribution is 2.25. The quantitative estimate of drug-likeness (QED) is 0.590. The minimum atomic E-state index is 0.684. The van der Waals surface area contributed by atoms with Crippen LogP contribution in [0.4, 0.5) is 0 Å². The molecule has 24 heavy (non-hydrogen) atoms. The molecule has 0 saturated heterocycles. The van der Waals surface area contributed by atoms with Crippen molar-refractivity contribution in [1.29, 1.82) is 5.26 Å². The molecule has 0 aliphatic heterocycles. The van der Waals surface area contributed by atoms with Crippen molar-refractivity contribution in [2.45, 2.75) is 20.8 Å². The first-order chi connectivity index (χ1) is 11.6. The lowest BCUT2D eigenvalue weighted by Gasteiger charge is -2.09. The van der Waals surface area contributed by atoms with Gasteiger partial charge in [-0.05, 0) is 56.2 Å². The molecule has 1 aromatic heterocycles. The Bertz CT molecular complexity index is 921. The Balaban J connectivity index is 2.07. The molecule has 2 aromatic carbocycles. The zero-order valence-electron chi connectivity index (χ0n) is 14.2. The van der Waals surface area contributed by atoms with Crippen LogP contribution in [0.15, 0.2) is 60.7 Å². The number of benzene rings is 2. The Morgan fingerprint density at radius 3 is 2.25 bits per heavy atom. The van der Waals surface area contributed by atoms with Gasteiger partial charge in [-0.2, -0.15) is 5.26 Å². The summed E-state index contributed by atoms with van der Waals surface area (Å²) < 4.78 is 2.22. The van der Waals surface area contributed by atoms with Crippen LogP contribution in [0.1, 0.15) is 28.1 Å². The minimum absolute atomic E-state index is 0.684. The average Bonchev–Trinajstić information content (AvgIpc) is 2.88. The van der Waals surface area contributed by atoms with Crippen LogP contribution in [0.2, 0.25) is 0 Å².